The van der Waals surface area contributed by atoms with Crippen LogP contribution < -0.4 is 0 Å². The second-order valence-corrected chi connectivity index (χ2v) is 1.61. The Morgan fingerprint density at radius 1 is 1.44 bits per heavy atom. The first-order valence-electron chi connectivity index (χ1n) is 2.34. The number of aliphatic carboxylic acids is 1. The van der Waals surface area contributed by atoms with Gasteiger partial charge in [-0.05, 0) is 13.8 Å². The predicted molar refractivity (Wildman–Crippen MR) is 36.4 cm³/mol. The van der Waals surface area contributed by atoms with E-state index in [1.165, 1.54) is 0 Å². The summed E-state index contributed by atoms with van der Waals surface area (Å²) in [5, 5.41) is 15.5. The summed E-state index contributed by atoms with van der Waals surface area (Å²) in [4.78, 5) is 9.00. The molecule has 0 amide bonds. The summed E-state index contributed by atoms with van der Waals surface area (Å²) in [6.07, 6.45) is -0.167. The molecule has 0 rings (SSSR count). The molecule has 0 unspecified atom stereocenters. The Balaban J connectivity index is -0.0000000720. The van der Waals surface area contributed by atoms with Crippen molar-refractivity contribution in [1.29, 1.82) is 0 Å². The maximum absolute atomic E-state index is 9.00. The van der Waals surface area contributed by atoms with Gasteiger partial charge in [0.1, 0.15) is 0 Å². The summed E-state index contributed by atoms with van der Waals surface area (Å²) in [7, 11) is 0. The molecule has 0 bridgehead atoms. The molecule has 2 N–H and O–H groups in total. The van der Waals surface area contributed by atoms with Crippen molar-refractivity contribution >= 4 is 57.4 Å². The van der Waals surface area contributed by atoms with Gasteiger partial charge in [-0.2, -0.15) is 0 Å². The Kier molecular flexibility index (Phi) is 21.8. The Labute approximate surface area is 97.9 Å². The van der Waals surface area contributed by atoms with Gasteiger partial charge in [-0.1, -0.05) is 0 Å². The van der Waals surface area contributed by atoms with Gasteiger partial charge in [0.15, 0.2) is 0 Å². The maximum Gasteiger partial charge on any atom is 0.300 e. The molecule has 9 heavy (non-hydrogen) atoms. The molecule has 0 heterocycles. The molecule has 4 heteroatoms. The van der Waals surface area contributed by atoms with E-state index in [0.29, 0.717) is 0 Å². The van der Waals surface area contributed by atoms with Crippen molar-refractivity contribution < 1.29 is 15.0 Å². The average Bonchev–Trinajstić information content (AvgIpc) is 1.25. The molecule has 0 saturated carbocycles. The Bertz CT molecular complexity index is 56.5. The van der Waals surface area contributed by atoms with E-state index in [0.717, 1.165) is 6.92 Å². The quantitative estimate of drug-likeness (QED) is 0.493. The van der Waals surface area contributed by atoms with Crippen molar-refractivity contribution in [2.45, 2.75) is 26.9 Å². The van der Waals surface area contributed by atoms with Gasteiger partial charge >= 0.3 is 0 Å². The Hall–Kier alpha value is 1.07. The molecule has 0 saturated heterocycles. The fraction of sp³-hybridized carbons (Fsp3) is 0.800. The SMILES string of the molecule is CC(=O)O.CC(C)O.[K]. The van der Waals surface area contributed by atoms with Crippen molar-refractivity contribution in [3.8, 4) is 0 Å². The number of carbonyl (C=O) groups is 1. The third-order valence-electron chi connectivity index (χ3n) is 0. The van der Waals surface area contributed by atoms with Crippen LogP contribution in [0.5, 0.6) is 0 Å². The monoisotopic (exact) mass is 159 g/mol. The standard InChI is InChI=1S/C3H8O.C2H4O2.K/c1-3(2)4;1-2(3)4;/h3-4H,1-2H3;1H3,(H,3,4);. The number of carboxylic acids is 1. The predicted octanol–water partition coefficient (Wildman–Crippen LogP) is 0.0972. The zero-order valence-corrected chi connectivity index (χ0v) is 9.50. The van der Waals surface area contributed by atoms with Crippen LogP contribution in [0, 0.1) is 0 Å². The van der Waals surface area contributed by atoms with Crippen LogP contribution >= 0.6 is 0 Å². The maximum atomic E-state index is 9.00. The fourth-order valence-electron chi connectivity index (χ4n) is 0. The molecule has 0 fully saturated rings. The van der Waals surface area contributed by atoms with Gasteiger partial charge in [-0.25, -0.2) is 0 Å². The summed E-state index contributed by atoms with van der Waals surface area (Å²) in [5.74, 6) is -0.833. The van der Waals surface area contributed by atoms with Crippen LogP contribution in [0.1, 0.15) is 20.8 Å². The van der Waals surface area contributed by atoms with Gasteiger partial charge < -0.3 is 10.2 Å². The van der Waals surface area contributed by atoms with Crippen molar-refractivity contribution in [3.63, 3.8) is 0 Å². The van der Waals surface area contributed by atoms with Gasteiger partial charge in [0.05, 0.1) is 0 Å². The zero-order valence-electron chi connectivity index (χ0n) is 6.38. The van der Waals surface area contributed by atoms with Gasteiger partial charge in [0, 0.05) is 64.4 Å². The molecule has 0 aliphatic heterocycles. The third-order valence-corrected chi connectivity index (χ3v) is 0. The molecule has 0 aromatic heterocycles. The first-order valence-corrected chi connectivity index (χ1v) is 2.34. The number of hydrogen-bond donors (Lipinski definition) is 2. The molecule has 0 aromatic carbocycles. The van der Waals surface area contributed by atoms with Crippen LogP contribution in [-0.4, -0.2) is 73.7 Å². The van der Waals surface area contributed by atoms with Crippen molar-refractivity contribution in [1.82, 2.24) is 0 Å². The van der Waals surface area contributed by atoms with Crippen molar-refractivity contribution in [3.05, 3.63) is 0 Å². The minimum Gasteiger partial charge on any atom is -0.481 e. The van der Waals surface area contributed by atoms with Crippen LogP contribution in [0.3, 0.4) is 0 Å². The summed E-state index contributed by atoms with van der Waals surface area (Å²) < 4.78 is 0. The minimum atomic E-state index is -0.833. The number of rotatable bonds is 0. The number of hydrogen-bond acceptors (Lipinski definition) is 2. The van der Waals surface area contributed by atoms with Gasteiger partial charge in [-0.15, -0.1) is 0 Å². The van der Waals surface area contributed by atoms with E-state index in [1.807, 2.05) is 0 Å². The molecular weight excluding hydrogens is 147 g/mol. The van der Waals surface area contributed by atoms with Gasteiger partial charge in [0.2, 0.25) is 0 Å². The summed E-state index contributed by atoms with van der Waals surface area (Å²) in [6.45, 7) is 4.53. The van der Waals surface area contributed by atoms with E-state index < -0.39 is 5.97 Å². The van der Waals surface area contributed by atoms with E-state index in [9.17, 15) is 0 Å². The molecule has 0 aliphatic carbocycles. The summed E-state index contributed by atoms with van der Waals surface area (Å²) >= 11 is 0. The number of carboxylic acid groups (broad SMARTS) is 1. The van der Waals surface area contributed by atoms with E-state index in [2.05, 4.69) is 0 Å². The number of aliphatic hydroxyl groups excluding tert-OH is 1. The Morgan fingerprint density at radius 2 is 1.44 bits per heavy atom. The Morgan fingerprint density at radius 3 is 1.44 bits per heavy atom. The second kappa shape index (κ2) is 11.8. The second-order valence-electron chi connectivity index (χ2n) is 1.61. The van der Waals surface area contributed by atoms with E-state index in [-0.39, 0.29) is 57.5 Å². The van der Waals surface area contributed by atoms with Crippen LogP contribution in [0.2, 0.25) is 0 Å². The van der Waals surface area contributed by atoms with E-state index in [1.54, 1.807) is 13.8 Å². The zero-order chi connectivity index (χ0) is 7.15. The van der Waals surface area contributed by atoms with Crippen LogP contribution in [0.4, 0.5) is 0 Å². The van der Waals surface area contributed by atoms with Crippen molar-refractivity contribution in [2.75, 3.05) is 0 Å². The third kappa shape index (κ3) is 398. The molecule has 0 atom stereocenters. The topological polar surface area (TPSA) is 57.5 Å². The molecule has 51 valence electrons. The average molecular weight is 159 g/mol. The molecule has 1 radical (unpaired) electrons. The smallest absolute Gasteiger partial charge is 0.300 e. The first-order chi connectivity index (χ1) is 3.46. The largest absolute Gasteiger partial charge is 0.481 e. The molecular formula is C5H12KO3. The first kappa shape index (κ1) is 16.6. The molecule has 0 aliphatic rings. The van der Waals surface area contributed by atoms with E-state index in [4.69, 9.17) is 15.0 Å². The van der Waals surface area contributed by atoms with Crippen LogP contribution in [0.25, 0.3) is 0 Å². The summed E-state index contributed by atoms with van der Waals surface area (Å²) in [6, 6.07) is 0. The van der Waals surface area contributed by atoms with Gasteiger partial charge in [0.25, 0.3) is 5.97 Å². The van der Waals surface area contributed by atoms with Crippen LogP contribution in [0.15, 0.2) is 0 Å². The minimum absolute atomic E-state index is 0. The van der Waals surface area contributed by atoms with E-state index >= 15 is 0 Å². The summed E-state index contributed by atoms with van der Waals surface area (Å²) in [5.41, 5.74) is 0. The number of aliphatic hydroxyl groups is 1. The van der Waals surface area contributed by atoms with Crippen LogP contribution in [-0.2, 0) is 4.79 Å². The molecule has 0 aromatic rings. The molecule has 0 spiro atoms. The van der Waals surface area contributed by atoms with Gasteiger partial charge in [-0.3, -0.25) is 4.79 Å². The van der Waals surface area contributed by atoms with Crippen molar-refractivity contribution in [2.24, 2.45) is 0 Å². The normalized spacial score (nSPS) is 6.78. The fourth-order valence-corrected chi connectivity index (χ4v) is 0. The molecule has 3 nitrogen and oxygen atoms in total.